The second-order valence-electron chi connectivity index (χ2n) is 7.47. The second-order valence-corrected chi connectivity index (χ2v) is 9.41. The van der Waals surface area contributed by atoms with E-state index < -0.39 is 21.7 Å². The number of nitrogens with zero attached hydrogens (tertiary/aromatic N) is 4. The number of sulfonamides is 1. The van der Waals surface area contributed by atoms with Crippen LogP contribution in [0.25, 0.3) is 0 Å². The van der Waals surface area contributed by atoms with Gasteiger partial charge in [-0.2, -0.15) is 4.31 Å². The summed E-state index contributed by atoms with van der Waals surface area (Å²) in [5, 5.41) is 8.30. The smallest absolute Gasteiger partial charge is 0.243 e. The molecule has 1 saturated heterocycles. The fraction of sp³-hybridized carbons (Fsp3) is 0.556. The quantitative estimate of drug-likeness (QED) is 0.797. The normalized spacial score (nSPS) is 22.7. The van der Waals surface area contributed by atoms with E-state index in [1.807, 2.05) is 11.5 Å². The summed E-state index contributed by atoms with van der Waals surface area (Å²) in [5.74, 6) is -1.46. The van der Waals surface area contributed by atoms with Crippen LogP contribution in [0.3, 0.4) is 0 Å². The molecule has 0 N–H and O–H groups in total. The van der Waals surface area contributed by atoms with Gasteiger partial charge in [0.15, 0.2) is 11.6 Å². The lowest BCUT2D eigenvalue weighted by atomic mass is 9.76. The Hall–Kier alpha value is -1.87. The lowest BCUT2D eigenvalue weighted by molar-refractivity contribution is 0.272. The van der Waals surface area contributed by atoms with Crippen molar-refractivity contribution < 1.29 is 17.2 Å². The number of benzene rings is 1. The molecule has 1 aliphatic carbocycles. The second kappa shape index (κ2) is 6.63. The number of aryl methyl sites for hydroxylation is 1. The Kier molecular flexibility index (Phi) is 4.54. The van der Waals surface area contributed by atoms with Gasteiger partial charge in [-0.15, -0.1) is 10.2 Å². The summed E-state index contributed by atoms with van der Waals surface area (Å²) in [6, 6.07) is 2.74. The van der Waals surface area contributed by atoms with Crippen molar-refractivity contribution in [3.63, 3.8) is 0 Å². The van der Waals surface area contributed by atoms with E-state index in [0.717, 1.165) is 49.7 Å². The Morgan fingerprint density at radius 3 is 2.63 bits per heavy atom. The van der Waals surface area contributed by atoms with Gasteiger partial charge >= 0.3 is 0 Å². The van der Waals surface area contributed by atoms with Crippen LogP contribution in [0.5, 0.6) is 0 Å². The number of aromatic nitrogens is 3. The SMILES string of the molecule is CCn1cnnc1C1CN(S(=O)(=O)c2ccc(F)c(F)c2)CC12CCCC2. The zero-order valence-corrected chi connectivity index (χ0v) is 15.9. The van der Waals surface area contributed by atoms with Gasteiger partial charge in [0.2, 0.25) is 10.0 Å². The van der Waals surface area contributed by atoms with E-state index in [1.54, 1.807) is 6.33 Å². The molecule has 1 unspecified atom stereocenters. The Morgan fingerprint density at radius 1 is 1.22 bits per heavy atom. The highest BCUT2D eigenvalue weighted by atomic mass is 32.2. The van der Waals surface area contributed by atoms with Gasteiger partial charge in [0.05, 0.1) is 4.90 Å². The van der Waals surface area contributed by atoms with Crippen molar-refractivity contribution in [1.82, 2.24) is 19.1 Å². The third kappa shape index (κ3) is 2.97. The van der Waals surface area contributed by atoms with E-state index in [9.17, 15) is 17.2 Å². The molecule has 1 aliphatic heterocycles. The first-order chi connectivity index (χ1) is 12.9. The summed E-state index contributed by atoms with van der Waals surface area (Å²) in [4.78, 5) is -0.216. The van der Waals surface area contributed by atoms with Gasteiger partial charge in [-0.25, -0.2) is 17.2 Å². The monoisotopic (exact) mass is 396 g/mol. The zero-order valence-electron chi connectivity index (χ0n) is 15.1. The summed E-state index contributed by atoms with van der Waals surface area (Å²) in [6.07, 6.45) is 5.63. The van der Waals surface area contributed by atoms with Crippen LogP contribution in [0, 0.1) is 17.0 Å². The average molecular weight is 396 g/mol. The highest BCUT2D eigenvalue weighted by molar-refractivity contribution is 7.89. The minimum Gasteiger partial charge on any atom is -0.318 e. The number of hydrogen-bond acceptors (Lipinski definition) is 4. The van der Waals surface area contributed by atoms with Crippen LogP contribution < -0.4 is 0 Å². The fourth-order valence-electron chi connectivity index (χ4n) is 4.61. The number of rotatable bonds is 4. The van der Waals surface area contributed by atoms with Crippen molar-refractivity contribution in [3.05, 3.63) is 42.0 Å². The molecule has 9 heteroatoms. The first kappa shape index (κ1) is 18.5. The van der Waals surface area contributed by atoms with Crippen molar-refractivity contribution in [2.75, 3.05) is 13.1 Å². The molecule has 0 bridgehead atoms. The van der Waals surface area contributed by atoms with Crippen LogP contribution in [0.4, 0.5) is 8.78 Å². The van der Waals surface area contributed by atoms with E-state index in [0.29, 0.717) is 13.1 Å². The minimum atomic E-state index is -3.92. The number of hydrogen-bond donors (Lipinski definition) is 0. The van der Waals surface area contributed by atoms with Gasteiger partial charge in [-0.1, -0.05) is 12.8 Å². The Morgan fingerprint density at radius 2 is 1.96 bits per heavy atom. The summed E-state index contributed by atoms with van der Waals surface area (Å²) < 4.78 is 56.4. The van der Waals surface area contributed by atoms with Crippen LogP contribution in [-0.2, 0) is 16.6 Å². The topological polar surface area (TPSA) is 68.1 Å². The van der Waals surface area contributed by atoms with E-state index >= 15 is 0 Å². The van der Waals surface area contributed by atoms with Crippen LogP contribution >= 0.6 is 0 Å². The standard InChI is InChI=1S/C18H22F2N4O2S/c1-2-23-12-21-22-17(23)14-10-24(11-18(14)7-3-4-8-18)27(25,26)13-5-6-15(19)16(20)9-13/h5-6,9,12,14H,2-4,7-8,10-11H2,1H3. The first-order valence-electron chi connectivity index (χ1n) is 9.20. The van der Waals surface area contributed by atoms with E-state index in [4.69, 9.17) is 0 Å². The third-order valence-corrected chi connectivity index (χ3v) is 7.85. The third-order valence-electron chi connectivity index (χ3n) is 6.04. The molecule has 1 aromatic heterocycles. The zero-order chi connectivity index (χ0) is 19.2. The van der Waals surface area contributed by atoms with E-state index in [-0.39, 0.29) is 22.8 Å². The molecule has 6 nitrogen and oxygen atoms in total. The molecule has 2 aromatic rings. The molecule has 1 atom stereocenters. The Bertz CT molecular complexity index is 954. The van der Waals surface area contributed by atoms with Gasteiger partial charge in [0.1, 0.15) is 12.2 Å². The van der Waals surface area contributed by atoms with E-state index in [1.165, 1.54) is 4.31 Å². The molecular weight excluding hydrogens is 374 g/mol. The Labute approximate surface area is 157 Å². The van der Waals surface area contributed by atoms with Crippen LogP contribution in [0.15, 0.2) is 29.4 Å². The van der Waals surface area contributed by atoms with Crippen LogP contribution in [0.1, 0.15) is 44.3 Å². The van der Waals surface area contributed by atoms with E-state index in [2.05, 4.69) is 10.2 Å². The first-order valence-corrected chi connectivity index (χ1v) is 10.6. The molecule has 27 heavy (non-hydrogen) atoms. The lowest BCUT2D eigenvalue weighted by Gasteiger charge is -2.29. The van der Waals surface area contributed by atoms with Crippen molar-refractivity contribution >= 4 is 10.0 Å². The molecule has 0 amide bonds. The fourth-order valence-corrected chi connectivity index (χ4v) is 6.17. The van der Waals surface area contributed by atoms with Gasteiger partial charge in [0, 0.05) is 25.6 Å². The molecule has 2 fully saturated rings. The maximum absolute atomic E-state index is 13.6. The molecular formula is C18H22F2N4O2S. The maximum Gasteiger partial charge on any atom is 0.243 e. The molecule has 0 radical (unpaired) electrons. The average Bonchev–Trinajstić information content (AvgIpc) is 3.37. The minimum absolute atomic E-state index is 0.0532. The van der Waals surface area contributed by atoms with Gasteiger partial charge < -0.3 is 4.57 Å². The van der Waals surface area contributed by atoms with Gasteiger partial charge in [-0.05, 0) is 43.4 Å². The molecule has 1 aromatic carbocycles. The van der Waals surface area contributed by atoms with Crippen molar-refractivity contribution in [2.24, 2.45) is 5.41 Å². The molecule has 2 aliphatic rings. The summed E-state index contributed by atoms with van der Waals surface area (Å²) in [7, 11) is -3.92. The molecule has 4 rings (SSSR count). The lowest BCUT2D eigenvalue weighted by Crippen LogP contribution is -2.31. The summed E-state index contributed by atoms with van der Waals surface area (Å²) in [5.41, 5.74) is -0.175. The molecule has 2 heterocycles. The van der Waals surface area contributed by atoms with Crippen molar-refractivity contribution in [2.45, 2.75) is 50.0 Å². The van der Waals surface area contributed by atoms with Crippen LogP contribution in [0.2, 0.25) is 0 Å². The van der Waals surface area contributed by atoms with Gasteiger partial charge in [0.25, 0.3) is 0 Å². The predicted octanol–water partition coefficient (Wildman–Crippen LogP) is 2.92. The highest BCUT2D eigenvalue weighted by Gasteiger charge is 2.53. The molecule has 1 saturated carbocycles. The predicted molar refractivity (Wildman–Crippen MR) is 94.5 cm³/mol. The highest BCUT2D eigenvalue weighted by Crippen LogP contribution is 2.53. The largest absolute Gasteiger partial charge is 0.318 e. The molecule has 1 spiro atoms. The maximum atomic E-state index is 13.6. The van der Waals surface area contributed by atoms with Gasteiger partial charge in [-0.3, -0.25) is 0 Å². The summed E-state index contributed by atoms with van der Waals surface area (Å²) >= 11 is 0. The Balaban J connectivity index is 1.72. The number of halogens is 2. The van der Waals surface area contributed by atoms with Crippen molar-refractivity contribution in [3.8, 4) is 0 Å². The van der Waals surface area contributed by atoms with Crippen molar-refractivity contribution in [1.29, 1.82) is 0 Å². The van der Waals surface area contributed by atoms with Crippen LogP contribution in [-0.4, -0.2) is 40.6 Å². The molecule has 146 valence electrons. The summed E-state index contributed by atoms with van der Waals surface area (Å²) in [6.45, 7) is 3.36.